The van der Waals surface area contributed by atoms with E-state index < -0.39 is 0 Å². The van der Waals surface area contributed by atoms with Crippen LogP contribution >= 0.6 is 15.9 Å². The fraction of sp³-hybridized carbons (Fsp3) is 0.167. The molecule has 0 bridgehead atoms. The summed E-state index contributed by atoms with van der Waals surface area (Å²) in [5.74, 6) is 0. The van der Waals surface area contributed by atoms with Gasteiger partial charge in [-0.2, -0.15) is 0 Å². The van der Waals surface area contributed by atoms with E-state index in [1.54, 1.807) is 6.26 Å². The molecule has 1 atom stereocenters. The quantitative estimate of drug-likeness (QED) is 0.904. The summed E-state index contributed by atoms with van der Waals surface area (Å²) < 4.78 is 5.89. The molecule has 2 rings (SSSR count). The van der Waals surface area contributed by atoms with Crippen LogP contribution in [0.3, 0.4) is 0 Å². The number of rotatable bonds is 2. The maximum absolute atomic E-state index is 6.17. The van der Waals surface area contributed by atoms with E-state index in [1.165, 1.54) is 5.56 Å². The standard InChI is InChI=1S/C12H12BrNO/c1-8-4-2-3-5-9(8)11(14)10-6-7-15-12(10)13/h2-7,11H,14H2,1H3. The minimum Gasteiger partial charge on any atom is -0.457 e. The molecule has 0 saturated heterocycles. The summed E-state index contributed by atoms with van der Waals surface area (Å²) >= 11 is 3.34. The van der Waals surface area contributed by atoms with Gasteiger partial charge in [0.05, 0.1) is 12.3 Å². The molecular formula is C12H12BrNO. The van der Waals surface area contributed by atoms with Crippen molar-refractivity contribution in [1.82, 2.24) is 0 Å². The molecular weight excluding hydrogens is 254 g/mol. The van der Waals surface area contributed by atoms with Crippen molar-refractivity contribution in [1.29, 1.82) is 0 Å². The predicted octanol–water partition coefficient (Wildman–Crippen LogP) is 3.40. The zero-order valence-electron chi connectivity index (χ0n) is 8.41. The summed E-state index contributed by atoms with van der Waals surface area (Å²) in [6.45, 7) is 2.06. The second-order valence-corrected chi connectivity index (χ2v) is 4.20. The SMILES string of the molecule is Cc1ccccc1C(N)c1ccoc1Br. The van der Waals surface area contributed by atoms with Gasteiger partial charge < -0.3 is 10.2 Å². The van der Waals surface area contributed by atoms with Crippen LogP contribution in [-0.2, 0) is 0 Å². The van der Waals surface area contributed by atoms with Crippen molar-refractivity contribution in [3.63, 3.8) is 0 Å². The lowest BCUT2D eigenvalue weighted by atomic mass is 9.98. The number of hydrogen-bond acceptors (Lipinski definition) is 2. The molecule has 0 aliphatic carbocycles. The number of halogens is 1. The first-order valence-corrected chi connectivity index (χ1v) is 5.53. The van der Waals surface area contributed by atoms with Crippen molar-refractivity contribution in [2.45, 2.75) is 13.0 Å². The maximum Gasteiger partial charge on any atom is 0.174 e. The highest BCUT2D eigenvalue weighted by Crippen LogP contribution is 2.28. The Bertz CT molecular complexity index is 464. The van der Waals surface area contributed by atoms with Crippen molar-refractivity contribution < 1.29 is 4.42 Å². The second kappa shape index (κ2) is 4.21. The third-order valence-corrected chi connectivity index (χ3v) is 3.15. The Morgan fingerprint density at radius 2 is 1.93 bits per heavy atom. The molecule has 78 valence electrons. The van der Waals surface area contributed by atoms with E-state index in [9.17, 15) is 0 Å². The monoisotopic (exact) mass is 265 g/mol. The molecule has 15 heavy (non-hydrogen) atoms. The lowest BCUT2D eigenvalue weighted by Gasteiger charge is -2.13. The Morgan fingerprint density at radius 1 is 1.20 bits per heavy atom. The van der Waals surface area contributed by atoms with Gasteiger partial charge in [0.2, 0.25) is 0 Å². The molecule has 2 N–H and O–H groups in total. The molecule has 0 radical (unpaired) electrons. The number of furan rings is 1. The van der Waals surface area contributed by atoms with E-state index in [0.717, 1.165) is 11.1 Å². The van der Waals surface area contributed by atoms with Gasteiger partial charge in [-0.05, 0) is 40.0 Å². The van der Waals surface area contributed by atoms with Crippen LogP contribution < -0.4 is 5.73 Å². The molecule has 3 heteroatoms. The molecule has 0 spiro atoms. The number of aryl methyl sites for hydroxylation is 1. The minimum atomic E-state index is -0.140. The molecule has 1 heterocycles. The van der Waals surface area contributed by atoms with E-state index in [1.807, 2.05) is 24.3 Å². The Kier molecular flexibility index (Phi) is 2.93. The molecule has 1 aromatic carbocycles. The van der Waals surface area contributed by atoms with Gasteiger partial charge in [0.1, 0.15) is 0 Å². The fourth-order valence-electron chi connectivity index (χ4n) is 1.63. The van der Waals surface area contributed by atoms with Crippen LogP contribution in [0.25, 0.3) is 0 Å². The maximum atomic E-state index is 6.17. The lowest BCUT2D eigenvalue weighted by molar-refractivity contribution is 0.534. The molecule has 0 saturated carbocycles. The van der Waals surface area contributed by atoms with Crippen LogP contribution in [0.2, 0.25) is 0 Å². The summed E-state index contributed by atoms with van der Waals surface area (Å²) in [6, 6.07) is 9.86. The van der Waals surface area contributed by atoms with Gasteiger partial charge in [-0.25, -0.2) is 0 Å². The van der Waals surface area contributed by atoms with Gasteiger partial charge in [0, 0.05) is 5.56 Å². The molecule has 0 aliphatic rings. The Morgan fingerprint density at radius 3 is 2.53 bits per heavy atom. The lowest BCUT2D eigenvalue weighted by Crippen LogP contribution is -2.12. The third-order valence-electron chi connectivity index (χ3n) is 2.50. The highest BCUT2D eigenvalue weighted by Gasteiger charge is 2.15. The topological polar surface area (TPSA) is 39.2 Å². The zero-order chi connectivity index (χ0) is 10.8. The fourth-order valence-corrected chi connectivity index (χ4v) is 2.12. The first kappa shape index (κ1) is 10.5. The average molecular weight is 266 g/mol. The van der Waals surface area contributed by atoms with E-state index in [2.05, 4.69) is 28.9 Å². The van der Waals surface area contributed by atoms with Crippen LogP contribution in [0.15, 0.2) is 45.7 Å². The third kappa shape index (κ3) is 1.98. The largest absolute Gasteiger partial charge is 0.457 e. The van der Waals surface area contributed by atoms with Crippen LogP contribution in [0.4, 0.5) is 0 Å². The van der Waals surface area contributed by atoms with Crippen molar-refractivity contribution in [2.24, 2.45) is 5.73 Å². The normalized spacial score (nSPS) is 12.7. The molecule has 0 aliphatic heterocycles. The van der Waals surface area contributed by atoms with Gasteiger partial charge in [-0.3, -0.25) is 0 Å². The molecule has 0 amide bonds. The van der Waals surface area contributed by atoms with E-state index in [0.29, 0.717) is 4.67 Å². The molecule has 1 aromatic heterocycles. The Balaban J connectivity index is 2.41. The second-order valence-electron chi connectivity index (χ2n) is 3.48. The van der Waals surface area contributed by atoms with Gasteiger partial charge in [0.15, 0.2) is 4.67 Å². The first-order valence-electron chi connectivity index (χ1n) is 4.74. The Labute approximate surface area is 97.2 Å². The van der Waals surface area contributed by atoms with E-state index >= 15 is 0 Å². The van der Waals surface area contributed by atoms with Crippen LogP contribution in [0, 0.1) is 6.92 Å². The molecule has 2 aromatic rings. The van der Waals surface area contributed by atoms with E-state index in [4.69, 9.17) is 10.2 Å². The summed E-state index contributed by atoms with van der Waals surface area (Å²) in [7, 11) is 0. The minimum absolute atomic E-state index is 0.140. The zero-order valence-corrected chi connectivity index (χ0v) is 9.99. The van der Waals surface area contributed by atoms with Crippen LogP contribution in [0.1, 0.15) is 22.7 Å². The van der Waals surface area contributed by atoms with Gasteiger partial charge >= 0.3 is 0 Å². The van der Waals surface area contributed by atoms with Crippen LogP contribution in [-0.4, -0.2) is 0 Å². The summed E-state index contributed by atoms with van der Waals surface area (Å²) in [5.41, 5.74) is 9.47. The summed E-state index contributed by atoms with van der Waals surface area (Å²) in [5, 5.41) is 0. The summed E-state index contributed by atoms with van der Waals surface area (Å²) in [4.78, 5) is 0. The van der Waals surface area contributed by atoms with Gasteiger partial charge in [0.25, 0.3) is 0 Å². The number of nitrogens with two attached hydrogens (primary N) is 1. The van der Waals surface area contributed by atoms with E-state index in [-0.39, 0.29) is 6.04 Å². The summed E-state index contributed by atoms with van der Waals surface area (Å²) in [6.07, 6.45) is 1.64. The highest BCUT2D eigenvalue weighted by molar-refractivity contribution is 9.10. The van der Waals surface area contributed by atoms with Crippen molar-refractivity contribution >= 4 is 15.9 Å². The van der Waals surface area contributed by atoms with Crippen molar-refractivity contribution in [3.8, 4) is 0 Å². The van der Waals surface area contributed by atoms with Crippen molar-refractivity contribution in [3.05, 3.63) is 58.0 Å². The number of benzene rings is 1. The highest BCUT2D eigenvalue weighted by atomic mass is 79.9. The number of hydrogen-bond donors (Lipinski definition) is 1. The van der Waals surface area contributed by atoms with Crippen LogP contribution in [0.5, 0.6) is 0 Å². The van der Waals surface area contributed by atoms with Gasteiger partial charge in [-0.15, -0.1) is 0 Å². The van der Waals surface area contributed by atoms with Crippen molar-refractivity contribution in [2.75, 3.05) is 0 Å². The first-order chi connectivity index (χ1) is 7.20. The average Bonchev–Trinajstić information content (AvgIpc) is 2.64. The predicted molar refractivity (Wildman–Crippen MR) is 63.6 cm³/mol. The molecule has 2 nitrogen and oxygen atoms in total. The molecule has 0 fully saturated rings. The Hall–Kier alpha value is -1.06. The molecule has 1 unspecified atom stereocenters. The smallest absolute Gasteiger partial charge is 0.174 e. The van der Waals surface area contributed by atoms with Gasteiger partial charge in [-0.1, -0.05) is 24.3 Å².